The van der Waals surface area contributed by atoms with Crippen LogP contribution in [0.15, 0.2) is 24.3 Å². The Labute approximate surface area is 130 Å². The van der Waals surface area contributed by atoms with Crippen LogP contribution in [0.1, 0.15) is 13.8 Å². The Morgan fingerprint density at radius 2 is 1.95 bits per heavy atom. The molecule has 2 fully saturated rings. The second-order valence-corrected chi connectivity index (χ2v) is 7.91. The third-order valence-electron chi connectivity index (χ3n) is 3.59. The van der Waals surface area contributed by atoms with Crippen molar-refractivity contribution < 1.29 is 24.1 Å². The number of hydrogen-bond acceptors (Lipinski definition) is 5. The maximum atomic E-state index is 10.3. The van der Waals surface area contributed by atoms with Crippen molar-refractivity contribution in [1.29, 1.82) is 0 Å². The van der Waals surface area contributed by atoms with Gasteiger partial charge in [0.15, 0.2) is 0 Å². The summed E-state index contributed by atoms with van der Waals surface area (Å²) in [5, 5.41) is 11.1. The average molecular weight is 359 g/mol. The van der Waals surface area contributed by atoms with Gasteiger partial charge in [0.25, 0.3) is 0 Å². The van der Waals surface area contributed by atoms with Crippen molar-refractivity contribution in [2.75, 3.05) is 7.11 Å². The first-order valence-electron chi connectivity index (χ1n) is 6.94. The van der Waals surface area contributed by atoms with Gasteiger partial charge >= 0.3 is 130 Å². The fraction of sp³-hybridized carbons (Fsp3) is 0.600. The molecule has 0 bridgehead atoms. The summed E-state index contributed by atoms with van der Waals surface area (Å²) in [5.74, 6) is 0.174. The first-order chi connectivity index (χ1) is 9.98. The molecule has 0 unspecified atom stereocenters. The molecule has 0 spiro atoms. The number of benzene rings is 1. The molecule has 0 aliphatic carbocycles. The molecule has 2 aliphatic rings. The maximum absolute atomic E-state index is 10.3. The van der Waals surface area contributed by atoms with Crippen LogP contribution < -0.4 is 9.20 Å². The van der Waals surface area contributed by atoms with E-state index in [1.54, 1.807) is 7.11 Å². The standard InChI is InChI=1S/C15H20O5Se/c1-15(2)19-13-12(16)11(18-14(13)20-15)8-21-10-6-4-9(17-3)5-7-10/h4-7,11-14,16H,8H2,1-3H3/t11-,12+,13-,14-/m1/s1. The topological polar surface area (TPSA) is 57.2 Å². The van der Waals surface area contributed by atoms with Gasteiger partial charge in [-0.1, -0.05) is 0 Å². The van der Waals surface area contributed by atoms with Gasteiger partial charge < -0.3 is 0 Å². The van der Waals surface area contributed by atoms with Gasteiger partial charge in [0.2, 0.25) is 0 Å². The van der Waals surface area contributed by atoms with Gasteiger partial charge in [0.05, 0.1) is 0 Å². The van der Waals surface area contributed by atoms with Gasteiger partial charge in [-0.25, -0.2) is 0 Å². The minimum atomic E-state index is -0.678. The molecule has 2 saturated heterocycles. The van der Waals surface area contributed by atoms with E-state index in [0.717, 1.165) is 11.1 Å². The monoisotopic (exact) mass is 360 g/mol. The zero-order chi connectivity index (χ0) is 15.0. The molecule has 2 heterocycles. The molecule has 0 amide bonds. The van der Waals surface area contributed by atoms with Crippen molar-refractivity contribution >= 4 is 19.4 Å². The fourth-order valence-corrected chi connectivity index (χ4v) is 4.56. The van der Waals surface area contributed by atoms with E-state index in [4.69, 9.17) is 18.9 Å². The van der Waals surface area contributed by atoms with Crippen LogP contribution in [0.25, 0.3) is 0 Å². The first-order valence-corrected chi connectivity index (χ1v) is 9.01. The molecule has 21 heavy (non-hydrogen) atoms. The molecule has 5 nitrogen and oxygen atoms in total. The summed E-state index contributed by atoms with van der Waals surface area (Å²) in [4.78, 5) is 0. The molecule has 4 atom stereocenters. The number of aliphatic hydroxyl groups is 1. The average Bonchev–Trinajstić information content (AvgIpc) is 2.91. The van der Waals surface area contributed by atoms with E-state index in [0.29, 0.717) is 0 Å². The van der Waals surface area contributed by atoms with Gasteiger partial charge in [-0.2, -0.15) is 0 Å². The number of ether oxygens (including phenoxy) is 4. The van der Waals surface area contributed by atoms with Gasteiger partial charge in [0.1, 0.15) is 0 Å². The molecule has 116 valence electrons. The van der Waals surface area contributed by atoms with Crippen molar-refractivity contribution in [3.05, 3.63) is 24.3 Å². The number of aliphatic hydroxyl groups excluding tert-OH is 1. The molecule has 0 aromatic heterocycles. The molecule has 1 aromatic carbocycles. The number of fused-ring (bicyclic) bond motifs is 1. The van der Waals surface area contributed by atoms with Crippen LogP contribution in [0.5, 0.6) is 5.75 Å². The molecule has 0 saturated carbocycles. The number of hydrogen-bond donors (Lipinski definition) is 1. The van der Waals surface area contributed by atoms with Crippen LogP contribution in [0, 0.1) is 0 Å². The van der Waals surface area contributed by atoms with Gasteiger partial charge in [-0.3, -0.25) is 0 Å². The number of rotatable bonds is 4. The second kappa shape index (κ2) is 5.88. The minimum absolute atomic E-state index is 0.224. The first kappa shape index (κ1) is 15.3. The van der Waals surface area contributed by atoms with Gasteiger partial charge in [-0.05, 0) is 0 Å². The Balaban J connectivity index is 1.55. The molecule has 3 rings (SSSR count). The van der Waals surface area contributed by atoms with Crippen LogP contribution in [0.4, 0.5) is 0 Å². The summed E-state index contributed by atoms with van der Waals surface area (Å²) < 4.78 is 23.5. The molecular weight excluding hydrogens is 339 g/mol. The number of methoxy groups -OCH3 is 1. The normalized spacial score (nSPS) is 33.9. The quantitative estimate of drug-likeness (QED) is 0.802. The summed E-state index contributed by atoms with van der Waals surface area (Å²) in [7, 11) is 1.66. The van der Waals surface area contributed by atoms with Crippen LogP contribution in [0.2, 0.25) is 5.32 Å². The van der Waals surface area contributed by atoms with E-state index >= 15 is 0 Å². The molecule has 2 aliphatic heterocycles. The van der Waals surface area contributed by atoms with E-state index in [1.165, 1.54) is 4.46 Å². The van der Waals surface area contributed by atoms with Crippen LogP contribution in [-0.4, -0.2) is 57.6 Å². The Hall–Kier alpha value is -0.621. The van der Waals surface area contributed by atoms with Crippen LogP contribution in [-0.2, 0) is 14.2 Å². The summed E-state index contributed by atoms with van der Waals surface area (Å²) in [6.07, 6.45) is -1.68. The Morgan fingerprint density at radius 1 is 1.24 bits per heavy atom. The van der Waals surface area contributed by atoms with Gasteiger partial charge in [0, 0.05) is 0 Å². The Morgan fingerprint density at radius 3 is 2.57 bits per heavy atom. The van der Waals surface area contributed by atoms with Crippen molar-refractivity contribution in [3.8, 4) is 5.75 Å². The van der Waals surface area contributed by atoms with Gasteiger partial charge in [-0.15, -0.1) is 0 Å². The zero-order valence-corrected chi connectivity index (χ0v) is 14.0. The van der Waals surface area contributed by atoms with Crippen molar-refractivity contribution in [1.82, 2.24) is 0 Å². The van der Waals surface area contributed by atoms with Crippen molar-refractivity contribution in [3.63, 3.8) is 0 Å². The van der Waals surface area contributed by atoms with E-state index in [-0.39, 0.29) is 27.2 Å². The van der Waals surface area contributed by atoms with Crippen LogP contribution >= 0.6 is 0 Å². The van der Waals surface area contributed by atoms with E-state index in [2.05, 4.69) is 12.1 Å². The third kappa shape index (κ3) is 3.26. The predicted molar refractivity (Wildman–Crippen MR) is 77.9 cm³/mol. The Kier molecular flexibility index (Phi) is 4.28. The summed E-state index contributed by atoms with van der Waals surface area (Å²) in [6.45, 7) is 3.66. The molecule has 1 aromatic rings. The molecule has 0 radical (unpaired) electrons. The van der Waals surface area contributed by atoms with E-state index in [1.807, 2.05) is 26.0 Å². The zero-order valence-electron chi connectivity index (χ0n) is 12.3. The van der Waals surface area contributed by atoms with Crippen molar-refractivity contribution in [2.24, 2.45) is 0 Å². The van der Waals surface area contributed by atoms with E-state index < -0.39 is 18.2 Å². The molecular formula is C15H20O5Se. The summed E-state index contributed by atoms with van der Waals surface area (Å²) in [6, 6.07) is 8.01. The molecule has 6 heteroatoms. The second-order valence-electron chi connectivity index (χ2n) is 5.62. The Bertz CT molecular complexity index is 489. The molecule has 1 N–H and O–H groups in total. The fourth-order valence-electron chi connectivity index (χ4n) is 2.55. The predicted octanol–water partition coefficient (Wildman–Crippen LogP) is 0.680. The van der Waals surface area contributed by atoms with Crippen LogP contribution in [0.3, 0.4) is 0 Å². The third-order valence-corrected chi connectivity index (χ3v) is 5.90. The van der Waals surface area contributed by atoms with Crippen molar-refractivity contribution in [2.45, 2.75) is 49.6 Å². The summed E-state index contributed by atoms with van der Waals surface area (Å²) >= 11 is 0.228. The summed E-state index contributed by atoms with van der Waals surface area (Å²) in [5.41, 5.74) is 0. The van der Waals surface area contributed by atoms with E-state index in [9.17, 15) is 5.11 Å². The SMILES string of the molecule is COc1ccc([Se]C[C@H]2O[C@@H]3OC(C)(C)O[C@@H]3[C@H]2O)cc1.